The van der Waals surface area contributed by atoms with Gasteiger partial charge in [-0.1, -0.05) is 16.7 Å². The van der Waals surface area contributed by atoms with Crippen molar-refractivity contribution in [2.75, 3.05) is 26.4 Å². The molecule has 2 aliphatic rings. The molecular weight excluding hydrogens is 431 g/mol. The van der Waals surface area contributed by atoms with Crippen molar-refractivity contribution in [3.63, 3.8) is 0 Å². The summed E-state index contributed by atoms with van der Waals surface area (Å²) in [6.07, 6.45) is 4.19. The molecule has 31 heavy (non-hydrogen) atoms. The first kappa shape index (κ1) is 21.8. The van der Waals surface area contributed by atoms with Crippen LogP contribution >= 0.6 is 11.6 Å². The molecule has 0 bridgehead atoms. The van der Waals surface area contributed by atoms with Crippen molar-refractivity contribution >= 4 is 17.5 Å². The molecule has 1 aromatic heterocycles. The minimum absolute atomic E-state index is 0.00200. The van der Waals surface area contributed by atoms with E-state index in [2.05, 4.69) is 20.8 Å². The lowest BCUT2D eigenvalue weighted by Crippen LogP contribution is -2.48. The zero-order valence-corrected chi connectivity index (χ0v) is 17.6. The molecule has 11 heteroatoms. The Hall–Kier alpha value is -2.43. The largest absolute Gasteiger partial charge is 0.484 e. The summed E-state index contributed by atoms with van der Waals surface area (Å²) >= 11 is 5.63. The molecule has 1 aliphatic carbocycles. The van der Waals surface area contributed by atoms with E-state index in [4.69, 9.17) is 30.2 Å². The van der Waals surface area contributed by atoms with E-state index < -0.39 is 5.82 Å². The van der Waals surface area contributed by atoms with E-state index in [0.29, 0.717) is 38.2 Å². The molecular formula is C20H24ClFN4O5. The van der Waals surface area contributed by atoms with Gasteiger partial charge >= 0.3 is 6.08 Å². The average molecular weight is 455 g/mol. The first-order valence-electron chi connectivity index (χ1n) is 10.2. The number of amides is 1. The van der Waals surface area contributed by atoms with E-state index in [1.54, 1.807) is 0 Å². The van der Waals surface area contributed by atoms with Crippen LogP contribution < -0.4 is 20.1 Å². The second-order valence-electron chi connectivity index (χ2n) is 7.49. The zero-order chi connectivity index (χ0) is 21.6. The van der Waals surface area contributed by atoms with Crippen molar-refractivity contribution in [3.8, 4) is 11.8 Å². The number of halogens is 2. The predicted molar refractivity (Wildman–Crippen MR) is 108 cm³/mol. The van der Waals surface area contributed by atoms with E-state index in [9.17, 15) is 9.18 Å². The molecule has 2 heterocycles. The second-order valence-corrected chi connectivity index (χ2v) is 7.90. The molecule has 1 saturated heterocycles. The minimum atomic E-state index is -0.594. The monoisotopic (exact) mass is 454 g/mol. The van der Waals surface area contributed by atoms with Crippen LogP contribution in [0.4, 0.5) is 4.39 Å². The number of piperidine rings is 1. The Morgan fingerprint density at radius 2 is 2.10 bits per heavy atom. The summed E-state index contributed by atoms with van der Waals surface area (Å²) in [7, 11) is 0. The molecule has 1 amide bonds. The smallest absolute Gasteiger partial charge is 0.414 e. The van der Waals surface area contributed by atoms with Gasteiger partial charge < -0.3 is 29.3 Å². The zero-order valence-electron chi connectivity index (χ0n) is 16.8. The third kappa shape index (κ3) is 6.52. The number of nitrogens with one attached hydrogen (secondary N) is 2. The van der Waals surface area contributed by atoms with Gasteiger partial charge in [-0.15, -0.1) is 5.10 Å². The molecule has 1 saturated carbocycles. The Morgan fingerprint density at radius 3 is 2.84 bits per heavy atom. The van der Waals surface area contributed by atoms with E-state index >= 15 is 0 Å². The van der Waals surface area contributed by atoms with Crippen LogP contribution in [0.2, 0.25) is 5.02 Å². The topological polar surface area (TPSA) is 108 Å². The van der Waals surface area contributed by atoms with Crippen LogP contribution in [-0.2, 0) is 9.53 Å². The minimum Gasteiger partial charge on any atom is -0.484 e. The predicted octanol–water partition coefficient (Wildman–Crippen LogP) is 2.41. The number of aromatic nitrogens is 2. The van der Waals surface area contributed by atoms with E-state index in [-0.39, 0.29) is 41.4 Å². The van der Waals surface area contributed by atoms with Crippen molar-refractivity contribution in [2.24, 2.45) is 0 Å². The van der Waals surface area contributed by atoms with Crippen LogP contribution in [0.5, 0.6) is 11.8 Å². The maximum absolute atomic E-state index is 13.4. The molecule has 1 aliphatic heterocycles. The van der Waals surface area contributed by atoms with Crippen molar-refractivity contribution in [3.05, 3.63) is 34.9 Å². The maximum atomic E-state index is 13.4. The van der Waals surface area contributed by atoms with Gasteiger partial charge in [-0.3, -0.25) is 4.79 Å². The molecule has 2 fully saturated rings. The maximum Gasteiger partial charge on any atom is 0.414 e. The highest BCUT2D eigenvalue weighted by molar-refractivity contribution is 6.30. The molecule has 2 aromatic rings. The number of ether oxygens (including phenoxy) is 3. The van der Waals surface area contributed by atoms with Gasteiger partial charge in [0.25, 0.3) is 5.91 Å². The van der Waals surface area contributed by atoms with Crippen molar-refractivity contribution in [2.45, 2.75) is 43.9 Å². The molecule has 1 aromatic carbocycles. The van der Waals surface area contributed by atoms with Gasteiger partial charge in [0.2, 0.25) is 5.89 Å². The van der Waals surface area contributed by atoms with Gasteiger partial charge in [0.1, 0.15) is 18.2 Å². The van der Waals surface area contributed by atoms with Crippen molar-refractivity contribution in [1.29, 1.82) is 0 Å². The second kappa shape index (κ2) is 10.3. The summed E-state index contributed by atoms with van der Waals surface area (Å²) in [5.41, 5.74) is 0. The first-order chi connectivity index (χ1) is 15.1. The number of rotatable bonds is 10. The summed E-state index contributed by atoms with van der Waals surface area (Å²) in [5.74, 6) is -0.186. The fourth-order valence-corrected chi connectivity index (χ4v) is 3.29. The fourth-order valence-electron chi connectivity index (χ4n) is 3.17. The highest BCUT2D eigenvalue weighted by Crippen LogP contribution is 2.25. The lowest BCUT2D eigenvalue weighted by atomic mass is 10.0. The molecule has 168 valence electrons. The number of hydrogen-bond acceptors (Lipinski definition) is 8. The number of nitrogens with zero attached hydrogens (tertiary/aromatic N) is 2. The number of hydrogen-bond donors (Lipinski definition) is 2. The summed E-state index contributed by atoms with van der Waals surface area (Å²) in [5, 5.41) is 14.1. The van der Waals surface area contributed by atoms with Crippen LogP contribution in [0.3, 0.4) is 0 Å². The Morgan fingerprint density at radius 1 is 1.23 bits per heavy atom. The molecule has 2 N–H and O–H groups in total. The SMILES string of the molecule is O=C(COc1ccc(Cl)c(F)c1)N[C@H]1CC[C@H](c2nnc(OCCOC3CC3)o2)NC1. The van der Waals surface area contributed by atoms with Crippen LogP contribution in [-0.4, -0.2) is 54.6 Å². The normalized spacial score (nSPS) is 21.0. The summed E-state index contributed by atoms with van der Waals surface area (Å²) in [6, 6.07) is 3.87. The van der Waals surface area contributed by atoms with Gasteiger partial charge in [0.05, 0.1) is 23.8 Å². The molecule has 0 radical (unpaired) electrons. The fraction of sp³-hybridized carbons (Fsp3) is 0.550. The highest BCUT2D eigenvalue weighted by Gasteiger charge is 2.27. The van der Waals surface area contributed by atoms with Crippen molar-refractivity contribution in [1.82, 2.24) is 20.8 Å². The number of benzene rings is 1. The van der Waals surface area contributed by atoms with E-state index in [1.165, 1.54) is 12.1 Å². The van der Waals surface area contributed by atoms with Crippen molar-refractivity contribution < 1.29 is 27.8 Å². The average Bonchev–Trinajstić information content (AvgIpc) is 3.48. The molecule has 4 rings (SSSR count). The summed E-state index contributed by atoms with van der Waals surface area (Å²) in [4.78, 5) is 12.1. The number of carbonyl (C=O) groups is 1. The number of carbonyl (C=O) groups excluding carboxylic acids is 1. The van der Waals surface area contributed by atoms with E-state index in [0.717, 1.165) is 25.3 Å². The Labute approximate surface area is 183 Å². The van der Waals surface area contributed by atoms with Crippen LogP contribution in [0, 0.1) is 5.82 Å². The Kier molecular flexibility index (Phi) is 7.21. The van der Waals surface area contributed by atoms with Crippen LogP contribution in [0.1, 0.15) is 37.6 Å². The van der Waals surface area contributed by atoms with Gasteiger partial charge in [-0.05, 0) is 37.8 Å². The van der Waals surface area contributed by atoms with Crippen LogP contribution in [0.15, 0.2) is 22.6 Å². The molecule has 2 atom stereocenters. The van der Waals surface area contributed by atoms with Gasteiger partial charge in [0.15, 0.2) is 6.61 Å². The highest BCUT2D eigenvalue weighted by atomic mass is 35.5. The summed E-state index contributed by atoms with van der Waals surface area (Å²) < 4.78 is 35.2. The first-order valence-corrected chi connectivity index (χ1v) is 10.6. The van der Waals surface area contributed by atoms with E-state index in [1.807, 2.05) is 0 Å². The lowest BCUT2D eigenvalue weighted by Gasteiger charge is -2.28. The summed E-state index contributed by atoms with van der Waals surface area (Å²) in [6.45, 7) is 1.20. The van der Waals surface area contributed by atoms with Gasteiger partial charge in [0, 0.05) is 18.7 Å². The molecule has 9 nitrogen and oxygen atoms in total. The third-order valence-electron chi connectivity index (χ3n) is 4.95. The molecule has 0 spiro atoms. The standard InChI is InChI=1S/C20H24ClFN4O5/c21-15-5-4-14(9-16(15)22)30-11-18(27)24-12-1-6-17(23-10-12)19-25-26-20(31-19)29-8-7-28-13-2-3-13/h4-5,9,12-13,17,23H,1-3,6-8,10-11H2,(H,24,27)/t12-,17+/m0/s1. The Balaban J connectivity index is 1.14. The third-order valence-corrected chi connectivity index (χ3v) is 5.25. The quantitative estimate of drug-likeness (QED) is 0.527. The lowest BCUT2D eigenvalue weighted by molar-refractivity contribution is -0.124. The van der Waals surface area contributed by atoms with Gasteiger partial charge in [-0.25, -0.2) is 4.39 Å². The Bertz CT molecular complexity index is 886. The van der Waals surface area contributed by atoms with Crippen LogP contribution in [0.25, 0.3) is 0 Å². The van der Waals surface area contributed by atoms with Gasteiger partial charge in [-0.2, -0.15) is 0 Å². The molecule has 0 unspecified atom stereocenters.